The van der Waals surface area contributed by atoms with Crippen molar-refractivity contribution < 1.29 is 42.9 Å². The molecular weight excluding hydrogens is 1190 g/mol. The molecule has 0 aliphatic carbocycles. The second kappa shape index (κ2) is 78.7. The quantitative estimate of drug-likeness (QED) is 0.0211. The number of ether oxygens (including phenoxy) is 4. The van der Waals surface area contributed by atoms with E-state index in [-0.39, 0.29) is 38.2 Å². The molecule has 0 aliphatic rings. The van der Waals surface area contributed by atoms with Crippen LogP contribution in [0.2, 0.25) is 0 Å². The van der Waals surface area contributed by atoms with Crippen molar-refractivity contribution in [3.05, 3.63) is 12.2 Å². The van der Waals surface area contributed by atoms with Crippen molar-refractivity contribution in [1.82, 2.24) is 0 Å². The lowest BCUT2D eigenvalue weighted by Gasteiger charge is -2.25. The number of nitrogens with zero attached hydrogens (tertiary/aromatic N) is 1. The van der Waals surface area contributed by atoms with E-state index < -0.39 is 18.4 Å². The number of carbonyl (C=O) groups excluding carboxylic acids is 2. The molecule has 0 rings (SSSR count). The van der Waals surface area contributed by atoms with Gasteiger partial charge in [-0.05, 0) is 38.5 Å². The number of esters is 2. The van der Waals surface area contributed by atoms with E-state index in [0.717, 1.165) is 38.5 Å². The van der Waals surface area contributed by atoms with Gasteiger partial charge in [-0.25, -0.2) is 4.79 Å². The molecule has 0 aromatic heterocycles. The number of carboxylic acids is 1. The number of allylic oxidation sites excluding steroid dienone is 2. The molecule has 0 radical (unpaired) electrons. The average molecular weight is 1360 g/mol. The highest BCUT2D eigenvalue weighted by atomic mass is 16.7. The molecule has 9 nitrogen and oxygen atoms in total. The second-order valence-corrected chi connectivity index (χ2v) is 31.2. The first-order valence-electron chi connectivity index (χ1n) is 43.4. The van der Waals surface area contributed by atoms with Gasteiger partial charge in [0.1, 0.15) is 13.2 Å². The standard InChI is InChI=1S/C87H169NO8/c1-6-8-10-12-14-16-18-20-22-24-26-28-30-32-34-36-38-39-40-41-42-43-44-45-46-47-48-50-52-54-56-58-60-62-64-66-68-70-72-74-76-78-85(90)96-83(82-95-87(86(91)92)93-80-79-88(3,4)5)81-94-84(89)77-75-73-71-69-67-65-63-61-59-57-55-53-51-49-37-35-33-31-29-27-25-23-21-19-17-15-13-11-9-7-2/h24,26,83,87H,6-23,25,27-82H2,1-5H3/p+1/b26-24-. The van der Waals surface area contributed by atoms with Gasteiger partial charge in [0.05, 0.1) is 34.4 Å². The Hall–Kier alpha value is -1.97. The van der Waals surface area contributed by atoms with Gasteiger partial charge in [-0.2, -0.15) is 0 Å². The van der Waals surface area contributed by atoms with E-state index in [0.29, 0.717) is 17.4 Å². The van der Waals surface area contributed by atoms with Crippen molar-refractivity contribution in [1.29, 1.82) is 0 Å². The van der Waals surface area contributed by atoms with Crippen molar-refractivity contribution in [3.8, 4) is 0 Å². The fraction of sp³-hybridized carbons (Fsp3) is 0.943. The molecule has 0 spiro atoms. The number of hydrogen-bond acceptors (Lipinski definition) is 7. The van der Waals surface area contributed by atoms with Crippen molar-refractivity contribution >= 4 is 17.9 Å². The maximum atomic E-state index is 13.0. The molecule has 0 heterocycles. The molecule has 1 N–H and O–H groups in total. The fourth-order valence-electron chi connectivity index (χ4n) is 13.7. The van der Waals surface area contributed by atoms with Crippen molar-refractivity contribution in [3.63, 3.8) is 0 Å². The minimum Gasteiger partial charge on any atom is -0.477 e. The predicted octanol–water partition coefficient (Wildman–Crippen LogP) is 27.9. The van der Waals surface area contributed by atoms with Crippen LogP contribution in [0.25, 0.3) is 0 Å². The molecule has 9 heteroatoms. The molecule has 0 saturated heterocycles. The second-order valence-electron chi connectivity index (χ2n) is 31.2. The zero-order valence-corrected chi connectivity index (χ0v) is 65.6. The molecular formula is C87H170NO8+. The number of hydrogen-bond donors (Lipinski definition) is 1. The molecule has 0 saturated carbocycles. The van der Waals surface area contributed by atoms with Crippen LogP contribution in [0.1, 0.15) is 470 Å². The summed E-state index contributed by atoms with van der Waals surface area (Å²) < 4.78 is 23.1. The van der Waals surface area contributed by atoms with Gasteiger partial charge in [0.25, 0.3) is 6.29 Å². The number of quaternary nitrogens is 1. The van der Waals surface area contributed by atoms with E-state index in [9.17, 15) is 19.5 Å². The Morgan fingerprint density at radius 3 is 0.771 bits per heavy atom. The van der Waals surface area contributed by atoms with E-state index in [4.69, 9.17) is 18.9 Å². The molecule has 0 bridgehead atoms. The summed E-state index contributed by atoms with van der Waals surface area (Å²) in [6.07, 6.45) is 97.0. The SMILES string of the molecule is CCCCCCCCCC/C=C\CCCCCCCCCCCCCCCCCCCCCCCCCCCCCCCC(=O)OC(COC(=O)CCCCCCCCCCCCCCCCCCCCCCCCCCCCCCCC)COC(OCC[N+](C)(C)C)C(=O)O. The molecule has 0 fully saturated rings. The normalized spacial score (nSPS) is 12.6. The molecule has 0 aromatic rings. The zero-order valence-electron chi connectivity index (χ0n) is 65.6. The van der Waals surface area contributed by atoms with E-state index in [2.05, 4.69) is 26.0 Å². The van der Waals surface area contributed by atoms with Crippen LogP contribution in [0, 0.1) is 0 Å². The van der Waals surface area contributed by atoms with Crippen molar-refractivity contribution in [2.75, 3.05) is 47.5 Å². The van der Waals surface area contributed by atoms with Crippen LogP contribution < -0.4 is 0 Å². The van der Waals surface area contributed by atoms with Crippen molar-refractivity contribution in [2.45, 2.75) is 482 Å². The maximum absolute atomic E-state index is 13.0. The monoisotopic (exact) mass is 1360 g/mol. The lowest BCUT2D eigenvalue weighted by molar-refractivity contribution is -0.870. The molecule has 96 heavy (non-hydrogen) atoms. The minimum atomic E-state index is -1.51. The average Bonchev–Trinajstić information content (AvgIpc) is 2.59. The van der Waals surface area contributed by atoms with Gasteiger partial charge in [-0.3, -0.25) is 9.59 Å². The Labute approximate surface area is 599 Å². The van der Waals surface area contributed by atoms with E-state index >= 15 is 0 Å². The minimum absolute atomic E-state index is 0.172. The lowest BCUT2D eigenvalue weighted by atomic mass is 10.0. The van der Waals surface area contributed by atoms with Crippen LogP contribution in [-0.2, 0) is 33.3 Å². The molecule has 2 unspecified atom stereocenters. The number of carboxylic acid groups (broad SMARTS) is 1. The highest BCUT2D eigenvalue weighted by Gasteiger charge is 2.25. The number of rotatable bonds is 83. The van der Waals surface area contributed by atoms with Crippen LogP contribution in [-0.4, -0.2) is 87.4 Å². The van der Waals surface area contributed by atoms with Gasteiger partial charge < -0.3 is 28.5 Å². The summed E-state index contributed by atoms with van der Waals surface area (Å²) in [4.78, 5) is 37.8. The first-order valence-corrected chi connectivity index (χ1v) is 43.4. The van der Waals surface area contributed by atoms with Crippen LogP contribution in [0.5, 0.6) is 0 Å². The molecule has 2 atom stereocenters. The molecule has 570 valence electrons. The molecule has 0 aliphatic heterocycles. The van der Waals surface area contributed by atoms with Crippen LogP contribution in [0.15, 0.2) is 12.2 Å². The first-order chi connectivity index (χ1) is 47.1. The first kappa shape index (κ1) is 94.0. The Balaban J connectivity index is 3.89. The van der Waals surface area contributed by atoms with E-state index in [1.807, 2.05) is 21.1 Å². The summed E-state index contributed by atoms with van der Waals surface area (Å²) >= 11 is 0. The topological polar surface area (TPSA) is 108 Å². The van der Waals surface area contributed by atoms with Crippen molar-refractivity contribution in [2.24, 2.45) is 0 Å². The largest absolute Gasteiger partial charge is 0.477 e. The van der Waals surface area contributed by atoms with Crippen LogP contribution in [0.4, 0.5) is 0 Å². The maximum Gasteiger partial charge on any atom is 0.361 e. The number of aliphatic carboxylic acids is 1. The molecule has 0 amide bonds. The summed E-state index contributed by atoms with van der Waals surface area (Å²) in [7, 11) is 6.01. The highest BCUT2D eigenvalue weighted by Crippen LogP contribution is 2.21. The fourth-order valence-corrected chi connectivity index (χ4v) is 13.7. The lowest BCUT2D eigenvalue weighted by Crippen LogP contribution is -2.40. The Kier molecular flexibility index (Phi) is 77.1. The summed E-state index contributed by atoms with van der Waals surface area (Å²) in [6, 6.07) is 0. The summed E-state index contributed by atoms with van der Waals surface area (Å²) in [5, 5.41) is 9.78. The number of likely N-dealkylation sites (N-methyl/N-ethyl adjacent to an activating group) is 1. The van der Waals surface area contributed by atoms with Gasteiger partial charge in [-0.15, -0.1) is 0 Å². The smallest absolute Gasteiger partial charge is 0.361 e. The Morgan fingerprint density at radius 1 is 0.302 bits per heavy atom. The van der Waals surface area contributed by atoms with Crippen LogP contribution >= 0.6 is 0 Å². The van der Waals surface area contributed by atoms with Gasteiger partial charge in [-0.1, -0.05) is 431 Å². The summed E-state index contributed by atoms with van der Waals surface area (Å²) in [5.74, 6) is -1.96. The number of carbonyl (C=O) groups is 3. The van der Waals surface area contributed by atoms with Crippen LogP contribution in [0.3, 0.4) is 0 Å². The third-order valence-electron chi connectivity index (χ3n) is 20.3. The predicted molar refractivity (Wildman–Crippen MR) is 415 cm³/mol. The summed E-state index contributed by atoms with van der Waals surface area (Å²) in [6.45, 7) is 4.98. The van der Waals surface area contributed by atoms with Gasteiger partial charge >= 0.3 is 17.9 Å². The van der Waals surface area contributed by atoms with E-state index in [1.54, 1.807) is 0 Å². The van der Waals surface area contributed by atoms with Gasteiger partial charge in [0, 0.05) is 12.8 Å². The van der Waals surface area contributed by atoms with Gasteiger partial charge in [0.15, 0.2) is 6.10 Å². The Bertz CT molecular complexity index is 1580. The highest BCUT2D eigenvalue weighted by molar-refractivity contribution is 5.71. The molecule has 0 aromatic carbocycles. The zero-order chi connectivity index (χ0) is 69.7. The Morgan fingerprint density at radius 2 is 0.531 bits per heavy atom. The number of unbranched alkanes of at least 4 members (excludes halogenated alkanes) is 66. The summed E-state index contributed by atoms with van der Waals surface area (Å²) in [5.41, 5.74) is 0. The van der Waals surface area contributed by atoms with Gasteiger partial charge in [0.2, 0.25) is 0 Å². The van der Waals surface area contributed by atoms with E-state index in [1.165, 1.54) is 405 Å². The third-order valence-corrected chi connectivity index (χ3v) is 20.3. The third kappa shape index (κ3) is 79.4.